The van der Waals surface area contributed by atoms with E-state index >= 15 is 0 Å². The topological polar surface area (TPSA) is 61.4 Å². The third kappa shape index (κ3) is 6.59. The second-order valence-corrected chi connectivity index (χ2v) is 10.0. The van der Waals surface area contributed by atoms with Gasteiger partial charge >= 0.3 is 0 Å². The predicted molar refractivity (Wildman–Crippen MR) is 132 cm³/mol. The van der Waals surface area contributed by atoms with Crippen LogP contribution in [0.5, 0.6) is 0 Å². The summed E-state index contributed by atoms with van der Waals surface area (Å²) < 4.78 is 0. The number of fused-ring (bicyclic) bond motifs is 1. The first-order chi connectivity index (χ1) is 15.7. The number of nitrogens with one attached hydrogen (secondary N) is 2. The molecule has 0 unspecified atom stereocenters. The van der Waals surface area contributed by atoms with Crippen molar-refractivity contribution in [1.82, 2.24) is 10.2 Å². The summed E-state index contributed by atoms with van der Waals surface area (Å²) in [5.74, 6) is 1.06. The number of nitrogens with zero attached hydrogens (tertiary/aromatic N) is 1. The Labute approximate surface area is 195 Å². The standard InChI is InChI=1S/C26H33N3O2S/c30-25(19-32-24-11-10-22-8-4-5-9-23(22)28-26(24)31)27-15-12-20-13-16-29(17-14-20)18-21-6-2-1-3-7-21/h1-9,20,24H,10-19H2,(H,27,30)(H,28,31)/t24-/m1/s1. The third-order valence-electron chi connectivity index (χ3n) is 6.49. The van der Waals surface area contributed by atoms with E-state index in [9.17, 15) is 9.59 Å². The Hall–Kier alpha value is -2.31. The van der Waals surface area contributed by atoms with E-state index in [1.807, 2.05) is 18.2 Å². The second kappa shape index (κ2) is 11.5. The first kappa shape index (κ1) is 22.9. The molecule has 6 heteroatoms. The van der Waals surface area contributed by atoms with E-state index in [1.165, 1.54) is 35.7 Å². The summed E-state index contributed by atoms with van der Waals surface area (Å²) in [6, 6.07) is 18.6. The molecule has 4 rings (SSSR count). The minimum atomic E-state index is -0.179. The van der Waals surface area contributed by atoms with Crippen molar-refractivity contribution in [2.24, 2.45) is 5.92 Å². The molecular formula is C26H33N3O2S. The Morgan fingerprint density at radius 3 is 2.59 bits per heavy atom. The maximum atomic E-state index is 12.5. The average Bonchev–Trinajstić information content (AvgIpc) is 2.97. The van der Waals surface area contributed by atoms with Crippen molar-refractivity contribution in [1.29, 1.82) is 0 Å². The van der Waals surface area contributed by atoms with E-state index in [0.717, 1.165) is 51.1 Å². The van der Waals surface area contributed by atoms with E-state index in [0.29, 0.717) is 11.7 Å². The summed E-state index contributed by atoms with van der Waals surface area (Å²) >= 11 is 1.45. The SMILES string of the molecule is O=C(CS[C@@H]1CCc2ccccc2NC1=O)NCCC1CCN(Cc2ccccc2)CC1. The van der Waals surface area contributed by atoms with Crippen LogP contribution in [0.2, 0.25) is 0 Å². The van der Waals surface area contributed by atoms with Crippen molar-refractivity contribution in [3.63, 3.8) is 0 Å². The van der Waals surface area contributed by atoms with Gasteiger partial charge in [-0.1, -0.05) is 48.5 Å². The van der Waals surface area contributed by atoms with Gasteiger partial charge in [-0.05, 0) is 68.3 Å². The lowest BCUT2D eigenvalue weighted by molar-refractivity contribution is -0.118. The van der Waals surface area contributed by atoms with Gasteiger partial charge in [0.15, 0.2) is 0 Å². The van der Waals surface area contributed by atoms with Gasteiger partial charge in [0.1, 0.15) is 0 Å². The van der Waals surface area contributed by atoms with E-state index in [4.69, 9.17) is 0 Å². The molecule has 2 amide bonds. The van der Waals surface area contributed by atoms with Crippen LogP contribution in [0.15, 0.2) is 54.6 Å². The molecule has 2 aromatic rings. The molecule has 0 aromatic heterocycles. The lowest BCUT2D eigenvalue weighted by Crippen LogP contribution is -2.35. The maximum Gasteiger partial charge on any atom is 0.237 e. The van der Waals surface area contributed by atoms with Crippen LogP contribution < -0.4 is 10.6 Å². The molecule has 2 N–H and O–H groups in total. The van der Waals surface area contributed by atoms with Gasteiger partial charge in [0, 0.05) is 18.8 Å². The van der Waals surface area contributed by atoms with Gasteiger partial charge in [-0.15, -0.1) is 11.8 Å². The molecule has 2 aliphatic heterocycles. The van der Waals surface area contributed by atoms with Crippen LogP contribution in [0.3, 0.4) is 0 Å². The fourth-order valence-electron chi connectivity index (χ4n) is 4.57. The number of piperidine rings is 1. The number of carbonyl (C=O) groups is 2. The molecule has 0 radical (unpaired) electrons. The van der Waals surface area contributed by atoms with Crippen LogP contribution in [-0.2, 0) is 22.6 Å². The lowest BCUT2D eigenvalue weighted by atomic mass is 9.93. The maximum absolute atomic E-state index is 12.5. The minimum Gasteiger partial charge on any atom is -0.355 e. The Bertz CT molecular complexity index is 897. The molecule has 170 valence electrons. The van der Waals surface area contributed by atoms with Gasteiger partial charge in [0.25, 0.3) is 0 Å². The van der Waals surface area contributed by atoms with Crippen LogP contribution in [0.25, 0.3) is 0 Å². The van der Waals surface area contributed by atoms with Gasteiger partial charge in [-0.25, -0.2) is 0 Å². The van der Waals surface area contributed by atoms with E-state index in [2.05, 4.69) is 51.9 Å². The summed E-state index contributed by atoms with van der Waals surface area (Å²) in [4.78, 5) is 27.3. The molecule has 0 spiro atoms. The van der Waals surface area contributed by atoms with Crippen LogP contribution in [0.1, 0.15) is 36.8 Å². The number of anilines is 1. The summed E-state index contributed by atoms with van der Waals surface area (Å²) in [7, 11) is 0. The van der Waals surface area contributed by atoms with Crippen molar-refractivity contribution >= 4 is 29.3 Å². The van der Waals surface area contributed by atoms with Crippen LogP contribution in [-0.4, -0.2) is 47.4 Å². The van der Waals surface area contributed by atoms with Gasteiger partial charge in [0.2, 0.25) is 11.8 Å². The fraction of sp³-hybridized carbons (Fsp3) is 0.462. The molecule has 1 saturated heterocycles. The van der Waals surface area contributed by atoms with E-state index in [1.54, 1.807) is 0 Å². The van der Waals surface area contributed by atoms with Crippen molar-refractivity contribution in [2.75, 3.05) is 30.7 Å². The minimum absolute atomic E-state index is 0.00927. The third-order valence-corrected chi connectivity index (χ3v) is 7.77. The fourth-order valence-corrected chi connectivity index (χ4v) is 5.52. The highest BCUT2D eigenvalue weighted by atomic mass is 32.2. The summed E-state index contributed by atoms with van der Waals surface area (Å²) in [6.07, 6.45) is 5.05. The van der Waals surface area contributed by atoms with E-state index in [-0.39, 0.29) is 17.1 Å². The molecule has 0 aliphatic carbocycles. The van der Waals surface area contributed by atoms with Crippen LogP contribution >= 0.6 is 11.8 Å². The van der Waals surface area contributed by atoms with Crippen molar-refractivity contribution in [2.45, 2.75) is 43.9 Å². The highest BCUT2D eigenvalue weighted by molar-refractivity contribution is 8.01. The summed E-state index contributed by atoms with van der Waals surface area (Å²) in [5.41, 5.74) is 3.45. The van der Waals surface area contributed by atoms with E-state index < -0.39 is 0 Å². The molecule has 0 bridgehead atoms. The highest BCUT2D eigenvalue weighted by Gasteiger charge is 2.25. The molecule has 2 aliphatic rings. The number of hydrogen-bond donors (Lipinski definition) is 2. The summed E-state index contributed by atoms with van der Waals surface area (Å²) in [6.45, 7) is 4.01. The van der Waals surface area contributed by atoms with Crippen LogP contribution in [0, 0.1) is 5.92 Å². The monoisotopic (exact) mass is 451 g/mol. The number of carbonyl (C=O) groups excluding carboxylic acids is 2. The number of amides is 2. The summed E-state index contributed by atoms with van der Waals surface area (Å²) in [5, 5.41) is 5.89. The van der Waals surface area contributed by atoms with Gasteiger partial charge < -0.3 is 10.6 Å². The predicted octanol–water partition coefficient (Wildman–Crippen LogP) is 4.09. The zero-order chi connectivity index (χ0) is 22.2. The number of para-hydroxylation sites is 1. The first-order valence-electron chi connectivity index (χ1n) is 11.7. The van der Waals surface area contributed by atoms with Gasteiger partial charge in [-0.2, -0.15) is 0 Å². The number of aryl methyl sites for hydroxylation is 1. The van der Waals surface area contributed by atoms with Crippen LogP contribution in [0.4, 0.5) is 5.69 Å². The van der Waals surface area contributed by atoms with Gasteiger partial charge in [0.05, 0.1) is 11.0 Å². The molecule has 32 heavy (non-hydrogen) atoms. The second-order valence-electron chi connectivity index (χ2n) is 8.83. The quantitative estimate of drug-likeness (QED) is 0.635. The van der Waals surface area contributed by atoms with Gasteiger partial charge in [-0.3, -0.25) is 14.5 Å². The number of thioether (sulfide) groups is 1. The zero-order valence-electron chi connectivity index (χ0n) is 18.6. The smallest absolute Gasteiger partial charge is 0.237 e. The normalized spacial score (nSPS) is 19.6. The first-order valence-corrected chi connectivity index (χ1v) is 12.8. The zero-order valence-corrected chi connectivity index (χ0v) is 19.4. The Kier molecular flexibility index (Phi) is 8.24. The molecule has 1 atom stereocenters. The molecule has 2 aromatic carbocycles. The average molecular weight is 452 g/mol. The lowest BCUT2D eigenvalue weighted by Gasteiger charge is -2.32. The Morgan fingerprint density at radius 1 is 1.03 bits per heavy atom. The number of benzene rings is 2. The molecule has 5 nitrogen and oxygen atoms in total. The molecule has 1 fully saturated rings. The molecule has 2 heterocycles. The Balaban J connectivity index is 1.10. The molecular weight excluding hydrogens is 418 g/mol. The van der Waals surface area contributed by atoms with Crippen molar-refractivity contribution < 1.29 is 9.59 Å². The largest absolute Gasteiger partial charge is 0.355 e. The van der Waals surface area contributed by atoms with Crippen molar-refractivity contribution in [3.05, 3.63) is 65.7 Å². The van der Waals surface area contributed by atoms with Crippen molar-refractivity contribution in [3.8, 4) is 0 Å². The number of likely N-dealkylation sites (tertiary alicyclic amines) is 1. The molecule has 0 saturated carbocycles. The number of rotatable bonds is 8. The number of hydrogen-bond acceptors (Lipinski definition) is 4. The Morgan fingerprint density at radius 2 is 1.78 bits per heavy atom. The highest BCUT2D eigenvalue weighted by Crippen LogP contribution is 2.27.